The standard InChI is InChI=1S/C22H23Cl2N3/c1-2-11-25-22-16-5-3-4-6-20(16)27-21-10-8-14(12-17(21)22)26-15-7-9-18(23)19(24)13-15/h7-10,12-13,26H,2-6,11H2,1H3,(H,25,27). The Morgan fingerprint density at radius 1 is 0.963 bits per heavy atom. The molecule has 3 aromatic rings. The van der Waals surface area contributed by atoms with Gasteiger partial charge in [-0.2, -0.15) is 0 Å². The third-order valence-electron chi connectivity index (χ3n) is 5.02. The van der Waals surface area contributed by atoms with E-state index >= 15 is 0 Å². The molecule has 5 heteroatoms. The van der Waals surface area contributed by atoms with Crippen LogP contribution in [0.2, 0.25) is 10.0 Å². The fourth-order valence-corrected chi connectivity index (χ4v) is 3.99. The lowest BCUT2D eigenvalue weighted by molar-refractivity contribution is 0.672. The second-order valence-corrected chi connectivity index (χ2v) is 7.85. The van der Waals surface area contributed by atoms with Crippen molar-refractivity contribution in [2.45, 2.75) is 39.0 Å². The zero-order valence-electron chi connectivity index (χ0n) is 15.4. The Morgan fingerprint density at radius 3 is 2.56 bits per heavy atom. The van der Waals surface area contributed by atoms with Gasteiger partial charge in [0.25, 0.3) is 0 Å². The molecule has 3 nitrogen and oxygen atoms in total. The summed E-state index contributed by atoms with van der Waals surface area (Å²) < 4.78 is 0. The second-order valence-electron chi connectivity index (χ2n) is 7.03. The van der Waals surface area contributed by atoms with Gasteiger partial charge in [0.2, 0.25) is 0 Å². The number of pyridine rings is 1. The van der Waals surface area contributed by atoms with Crippen LogP contribution >= 0.6 is 23.2 Å². The normalized spacial score (nSPS) is 13.4. The quantitative estimate of drug-likeness (QED) is 0.485. The van der Waals surface area contributed by atoms with E-state index in [0.29, 0.717) is 10.0 Å². The van der Waals surface area contributed by atoms with Gasteiger partial charge in [0.05, 0.1) is 15.6 Å². The first-order valence-corrected chi connectivity index (χ1v) is 10.3. The van der Waals surface area contributed by atoms with Crippen LogP contribution in [0.25, 0.3) is 10.9 Å². The van der Waals surface area contributed by atoms with Crippen molar-refractivity contribution in [3.05, 3.63) is 57.7 Å². The molecule has 1 aliphatic rings. The fraction of sp³-hybridized carbons (Fsp3) is 0.318. The van der Waals surface area contributed by atoms with Crippen LogP contribution in [-0.2, 0) is 12.8 Å². The lowest BCUT2D eigenvalue weighted by Gasteiger charge is -2.22. The van der Waals surface area contributed by atoms with Gasteiger partial charge in [-0.05, 0) is 74.1 Å². The zero-order valence-corrected chi connectivity index (χ0v) is 16.9. The molecule has 1 heterocycles. The summed E-state index contributed by atoms with van der Waals surface area (Å²) in [4.78, 5) is 4.95. The van der Waals surface area contributed by atoms with Crippen molar-refractivity contribution < 1.29 is 0 Å². The summed E-state index contributed by atoms with van der Waals surface area (Å²) in [5, 5.41) is 9.37. The van der Waals surface area contributed by atoms with E-state index in [1.807, 2.05) is 12.1 Å². The SMILES string of the molecule is CCCNc1c2c(nc3ccc(Nc4ccc(Cl)c(Cl)c4)cc13)CCCC2. The number of hydrogen-bond acceptors (Lipinski definition) is 3. The zero-order chi connectivity index (χ0) is 18.8. The molecule has 27 heavy (non-hydrogen) atoms. The summed E-state index contributed by atoms with van der Waals surface area (Å²) in [6.45, 7) is 3.16. The molecule has 2 aromatic carbocycles. The third-order valence-corrected chi connectivity index (χ3v) is 5.76. The van der Waals surface area contributed by atoms with Crippen LogP contribution in [0.5, 0.6) is 0 Å². The fourth-order valence-electron chi connectivity index (χ4n) is 3.69. The molecule has 1 aromatic heterocycles. The van der Waals surface area contributed by atoms with E-state index in [0.717, 1.165) is 42.7 Å². The van der Waals surface area contributed by atoms with Crippen LogP contribution in [0.15, 0.2) is 36.4 Å². The average molecular weight is 400 g/mol. The number of rotatable bonds is 5. The monoisotopic (exact) mass is 399 g/mol. The van der Waals surface area contributed by atoms with Gasteiger partial charge in [-0.15, -0.1) is 0 Å². The van der Waals surface area contributed by atoms with Gasteiger partial charge in [-0.25, -0.2) is 0 Å². The van der Waals surface area contributed by atoms with Gasteiger partial charge in [0, 0.05) is 34.7 Å². The van der Waals surface area contributed by atoms with Gasteiger partial charge in [-0.3, -0.25) is 4.98 Å². The minimum absolute atomic E-state index is 0.545. The molecular weight excluding hydrogens is 377 g/mol. The van der Waals surface area contributed by atoms with Gasteiger partial charge in [0.15, 0.2) is 0 Å². The molecule has 0 saturated carbocycles. The Balaban J connectivity index is 1.76. The van der Waals surface area contributed by atoms with E-state index < -0.39 is 0 Å². The van der Waals surface area contributed by atoms with Crippen LogP contribution in [0.4, 0.5) is 17.1 Å². The summed E-state index contributed by atoms with van der Waals surface area (Å²) in [5.41, 5.74) is 6.89. The molecule has 0 radical (unpaired) electrons. The predicted molar refractivity (Wildman–Crippen MR) is 117 cm³/mol. The average Bonchev–Trinajstić information content (AvgIpc) is 2.68. The van der Waals surface area contributed by atoms with Crippen molar-refractivity contribution in [2.75, 3.05) is 17.2 Å². The molecule has 0 aliphatic heterocycles. The Hall–Kier alpha value is -1.97. The van der Waals surface area contributed by atoms with E-state index in [2.05, 4.69) is 35.8 Å². The Kier molecular flexibility index (Phi) is 5.42. The maximum absolute atomic E-state index is 6.14. The van der Waals surface area contributed by atoms with Crippen LogP contribution in [0, 0.1) is 0 Å². The first kappa shape index (κ1) is 18.4. The summed E-state index contributed by atoms with van der Waals surface area (Å²) >= 11 is 12.2. The molecule has 0 fully saturated rings. The number of anilines is 3. The number of nitrogens with one attached hydrogen (secondary N) is 2. The number of aryl methyl sites for hydroxylation is 1. The number of hydrogen-bond donors (Lipinski definition) is 2. The van der Waals surface area contributed by atoms with Crippen molar-refractivity contribution >= 4 is 51.2 Å². The molecule has 0 bridgehead atoms. The summed E-state index contributed by atoms with van der Waals surface area (Å²) in [6, 6.07) is 11.9. The molecule has 0 atom stereocenters. The first-order chi connectivity index (χ1) is 13.2. The number of fused-ring (bicyclic) bond motifs is 2. The van der Waals surface area contributed by atoms with Crippen molar-refractivity contribution in [1.82, 2.24) is 4.98 Å². The predicted octanol–water partition coefficient (Wildman–Crippen LogP) is 6.99. The van der Waals surface area contributed by atoms with Crippen LogP contribution in [-0.4, -0.2) is 11.5 Å². The van der Waals surface area contributed by atoms with Crippen molar-refractivity contribution in [3.63, 3.8) is 0 Å². The minimum atomic E-state index is 0.545. The highest BCUT2D eigenvalue weighted by Gasteiger charge is 2.18. The van der Waals surface area contributed by atoms with Gasteiger partial charge in [0.1, 0.15) is 0 Å². The molecule has 0 amide bonds. The molecular formula is C22H23Cl2N3. The van der Waals surface area contributed by atoms with E-state index in [-0.39, 0.29) is 0 Å². The number of aromatic nitrogens is 1. The molecule has 0 unspecified atom stereocenters. The lowest BCUT2D eigenvalue weighted by atomic mass is 9.92. The van der Waals surface area contributed by atoms with Crippen LogP contribution < -0.4 is 10.6 Å². The summed E-state index contributed by atoms with van der Waals surface area (Å²) in [5.74, 6) is 0. The Bertz CT molecular complexity index is 985. The lowest BCUT2D eigenvalue weighted by Crippen LogP contribution is -2.12. The minimum Gasteiger partial charge on any atom is -0.384 e. The summed E-state index contributed by atoms with van der Waals surface area (Å²) in [6.07, 6.45) is 5.75. The van der Waals surface area contributed by atoms with E-state index in [4.69, 9.17) is 28.2 Å². The van der Waals surface area contributed by atoms with Gasteiger partial charge >= 0.3 is 0 Å². The molecule has 0 spiro atoms. The second kappa shape index (κ2) is 7.95. The highest BCUT2D eigenvalue weighted by Crippen LogP contribution is 2.35. The first-order valence-electron chi connectivity index (χ1n) is 9.57. The molecule has 1 aliphatic carbocycles. The molecule has 4 rings (SSSR count). The maximum atomic E-state index is 6.14. The largest absolute Gasteiger partial charge is 0.384 e. The van der Waals surface area contributed by atoms with Crippen molar-refractivity contribution in [2.24, 2.45) is 0 Å². The number of halogens is 2. The van der Waals surface area contributed by atoms with E-state index in [9.17, 15) is 0 Å². The Labute approximate surface area is 170 Å². The highest BCUT2D eigenvalue weighted by molar-refractivity contribution is 6.42. The van der Waals surface area contributed by atoms with E-state index in [1.165, 1.54) is 35.2 Å². The van der Waals surface area contributed by atoms with Crippen molar-refractivity contribution in [3.8, 4) is 0 Å². The topological polar surface area (TPSA) is 37.0 Å². The molecule has 140 valence electrons. The summed E-state index contributed by atoms with van der Waals surface area (Å²) in [7, 11) is 0. The van der Waals surface area contributed by atoms with E-state index in [1.54, 1.807) is 6.07 Å². The highest BCUT2D eigenvalue weighted by atomic mass is 35.5. The van der Waals surface area contributed by atoms with Crippen LogP contribution in [0.1, 0.15) is 37.4 Å². The Morgan fingerprint density at radius 2 is 1.74 bits per heavy atom. The van der Waals surface area contributed by atoms with Crippen LogP contribution in [0.3, 0.4) is 0 Å². The van der Waals surface area contributed by atoms with Gasteiger partial charge in [-0.1, -0.05) is 30.1 Å². The third kappa shape index (κ3) is 3.85. The molecule has 0 saturated heterocycles. The van der Waals surface area contributed by atoms with Gasteiger partial charge < -0.3 is 10.6 Å². The number of benzene rings is 2. The number of nitrogens with zero attached hydrogens (tertiary/aromatic N) is 1. The van der Waals surface area contributed by atoms with Crippen molar-refractivity contribution in [1.29, 1.82) is 0 Å². The maximum Gasteiger partial charge on any atom is 0.0727 e. The smallest absolute Gasteiger partial charge is 0.0727 e. The molecule has 2 N–H and O–H groups in total.